The van der Waals surface area contributed by atoms with Crippen molar-refractivity contribution in [2.75, 3.05) is 107 Å². The summed E-state index contributed by atoms with van der Waals surface area (Å²) in [4.78, 5) is 175. The number of nitrogen functional groups attached to an aromatic ring is 1. The number of imide groups is 4. The standard InChI is InChI=1S/C28H31N7O6.C28H23N3O6.C27H24N4O5.C20H17N5O5/c1-4-33-9-11-34(12-10-33)24(32-39)19-13-23(41-3)22(29-15-19)7-8-28(26(37)30-27(38)31-28)17-35-16-18-5-6-20(40-2)14-21(18)25(35)36;1-36-20-7-6-18-15-31(26(34)21(18)13-20)16-28(14-25(33)30-27(28)35)11-10-23-24(37-2)9-8-22(29-23)17-4-3-5-19(32)12-17;1-3-4-23-29-30-24(36-23)18-7-5-17(6-8-18)11-12-27(14-22(32)28-26(27)34)16-31-15-19-9-10-20(35-2)13-21(19)25(31)33;1-30-12-3-2-11-9-25(17(27)13(11)8-12)10-20(18(28)23-19(29)24-20)7-6-14-15(26)4-5-16(21)22-14/h5-6,13-15,39H,4,9-12,16-17H2,1-3H3,(H2,30,31,37,38);3-9,12-13,32H,14-16H2,1-2H3,(H,30,33,35);5-10,13H,3-4,14-16H2,1-2H3,(H,28,32,34);2-5,8,26H,9-10H2,1H3,(H2,21,22)(H2,23,24,28,29)/t2*28-;27-;20-/m1111/s1. The number of rotatable bonds is 20. The number of phenols is 1. The van der Waals surface area contributed by atoms with Crippen LogP contribution in [0.1, 0.15) is 131 Å². The van der Waals surface area contributed by atoms with Gasteiger partial charge < -0.3 is 94.0 Å². The summed E-state index contributed by atoms with van der Waals surface area (Å²) in [5.74, 6) is 22.8. The van der Waals surface area contributed by atoms with Gasteiger partial charge in [-0.3, -0.25) is 69.2 Å². The number of aromatic nitrogens is 5. The van der Waals surface area contributed by atoms with Crippen LogP contribution in [0.2, 0.25) is 0 Å². The minimum absolute atomic E-state index is 0.00761. The number of nitrogens with two attached hydrogens (primary N) is 1. The third kappa shape index (κ3) is 20.8. The molecule has 14 amide bonds. The van der Waals surface area contributed by atoms with Crippen LogP contribution < -0.4 is 66.1 Å². The van der Waals surface area contributed by atoms with E-state index in [1.807, 2.05) is 36.1 Å². The maximum absolute atomic E-state index is 13.2. The highest BCUT2D eigenvalue weighted by Crippen LogP contribution is 2.39. The Bertz CT molecular complexity index is 7240. The number of fused-ring (bicyclic) bond motifs is 4. The Hall–Kier alpha value is -18.4. The molecule has 6 aromatic carbocycles. The number of nitrogens with one attached hydrogen (secondary N) is 6. The molecule has 144 heavy (non-hydrogen) atoms. The van der Waals surface area contributed by atoms with Gasteiger partial charge in [-0.05, 0) is 168 Å². The van der Waals surface area contributed by atoms with Gasteiger partial charge in [-0.2, -0.15) is 0 Å². The first kappa shape index (κ1) is 98.7. The zero-order valence-corrected chi connectivity index (χ0v) is 79.1. The molecule has 41 heteroatoms. The lowest BCUT2D eigenvalue weighted by Gasteiger charge is -2.35. The van der Waals surface area contributed by atoms with Gasteiger partial charge in [0.15, 0.2) is 34.4 Å². The van der Waals surface area contributed by atoms with E-state index < -0.39 is 69.4 Å². The van der Waals surface area contributed by atoms with Gasteiger partial charge in [0.2, 0.25) is 46.5 Å². The molecule has 4 aromatic heterocycles. The van der Waals surface area contributed by atoms with E-state index in [9.17, 15) is 73.0 Å². The summed E-state index contributed by atoms with van der Waals surface area (Å²) in [6.45, 7) is 8.85. The van der Waals surface area contributed by atoms with Crippen LogP contribution in [0.4, 0.5) is 15.4 Å². The maximum atomic E-state index is 13.2. The molecule has 5 saturated heterocycles. The SMILES string of the molecule is CCCc1nnc(-c2ccc(C#C[C@]3(CN4Cc5ccc(OC)cc5C4=O)CC(=O)NC3=O)cc2)o1.CCN1CCN(C(=NO)c2cnc(C#C[C@]3(CN4Cc5ccc(OC)cc5C4=O)NC(=O)NC3=O)c(OC)c2)CC1.COc1ccc2c(c1)C(=O)N(C[C@@]1(C#Cc3nc(-c4cccc(O)c4)ccc3OC)CC(=O)NC1=O)C2.COc1ccc2c(c1)C(=O)N(C[C@@]1(C#Cc3nc(N)ccc3O)NC(=O)NC1=O)C2. The fourth-order valence-electron chi connectivity index (χ4n) is 17.5. The number of urea groups is 2. The van der Waals surface area contributed by atoms with E-state index in [0.29, 0.717) is 116 Å². The number of amidine groups is 1. The molecule has 0 spiro atoms. The smallest absolute Gasteiger partial charge is 0.323 e. The monoisotopic (exact) mass is 1950 g/mol. The zero-order valence-electron chi connectivity index (χ0n) is 79.1. The number of hydrogen-bond acceptors (Lipinski definition) is 30. The number of ether oxygens (including phenoxy) is 6. The number of anilines is 1. The van der Waals surface area contributed by atoms with Crippen LogP contribution in [0.15, 0.2) is 167 Å². The van der Waals surface area contributed by atoms with Gasteiger partial charge in [0.25, 0.3) is 35.4 Å². The summed E-state index contributed by atoms with van der Waals surface area (Å²) in [5.41, 5.74) is 8.13. The summed E-state index contributed by atoms with van der Waals surface area (Å²) in [6, 6.07) is 41.1. The molecule has 5 fully saturated rings. The first-order valence-corrected chi connectivity index (χ1v) is 45.2. The Balaban J connectivity index is 0.000000138. The molecule has 10 aromatic rings. The highest BCUT2D eigenvalue weighted by Gasteiger charge is 2.53. The van der Waals surface area contributed by atoms with Crippen molar-refractivity contribution in [3.05, 3.63) is 236 Å². The predicted molar refractivity (Wildman–Crippen MR) is 512 cm³/mol. The lowest BCUT2D eigenvalue weighted by molar-refractivity contribution is -0.128. The Kier molecular flexibility index (Phi) is 28.6. The number of nitrogens with zero attached hydrogens (tertiary/aromatic N) is 12. The van der Waals surface area contributed by atoms with E-state index in [2.05, 4.69) is 121 Å². The van der Waals surface area contributed by atoms with E-state index in [4.69, 9.17) is 38.6 Å². The highest BCUT2D eigenvalue weighted by atomic mass is 16.5. The molecule has 734 valence electrons. The minimum Gasteiger partial charge on any atom is -0.508 e. The van der Waals surface area contributed by atoms with E-state index in [1.165, 1.54) is 75.7 Å². The number of carbonyl (C=O) groups excluding carboxylic acids is 12. The molecule has 11 N–H and O–H groups in total. The molecule has 41 nitrogen and oxygen atoms in total. The average Bonchev–Trinajstić information content (AvgIpc) is 1.63. The number of aryl methyl sites for hydroxylation is 1. The molecule has 9 aliphatic rings. The first-order chi connectivity index (χ1) is 69.3. The van der Waals surface area contributed by atoms with E-state index in [0.717, 1.165) is 60.3 Å². The van der Waals surface area contributed by atoms with Gasteiger partial charge in [0, 0.05) is 123 Å². The van der Waals surface area contributed by atoms with Crippen LogP contribution in [-0.2, 0) is 61.4 Å². The number of oxime groups is 1. The largest absolute Gasteiger partial charge is 0.508 e. The van der Waals surface area contributed by atoms with Gasteiger partial charge >= 0.3 is 12.1 Å². The van der Waals surface area contributed by atoms with Crippen molar-refractivity contribution >= 4 is 82.8 Å². The number of hydrogen-bond donors (Lipinski definition) is 10. The molecule has 0 radical (unpaired) electrons. The van der Waals surface area contributed by atoms with Crippen molar-refractivity contribution < 1.29 is 106 Å². The highest BCUT2D eigenvalue weighted by molar-refractivity contribution is 6.13. The Morgan fingerprint density at radius 2 is 0.951 bits per heavy atom. The molecule has 19 rings (SSSR count). The van der Waals surface area contributed by atoms with E-state index in [1.54, 1.807) is 120 Å². The maximum Gasteiger partial charge on any atom is 0.323 e. The quantitative estimate of drug-likeness (QED) is 0.00835. The van der Waals surface area contributed by atoms with Crippen LogP contribution in [0.3, 0.4) is 0 Å². The lowest BCUT2D eigenvalue weighted by atomic mass is 9.85. The Morgan fingerprint density at radius 1 is 0.472 bits per heavy atom. The number of benzene rings is 6. The number of amides is 14. The summed E-state index contributed by atoms with van der Waals surface area (Å²) < 4.78 is 37.4. The topological polar surface area (TPSA) is 528 Å². The van der Waals surface area contributed by atoms with Gasteiger partial charge in [-0.15, -0.1) is 10.2 Å². The van der Waals surface area contributed by atoms with Crippen LogP contribution in [0.25, 0.3) is 22.7 Å². The molecular weight excluding hydrogens is 1860 g/mol. The number of pyridine rings is 3. The van der Waals surface area contributed by atoms with Crippen LogP contribution in [0.5, 0.6) is 46.0 Å². The first-order valence-electron chi connectivity index (χ1n) is 45.2. The minimum atomic E-state index is -1.71. The van der Waals surface area contributed by atoms with Gasteiger partial charge in [-0.1, -0.05) is 85.0 Å². The van der Waals surface area contributed by atoms with Crippen LogP contribution in [0, 0.1) is 58.2 Å². The number of phenolic OH excluding ortho intramolecular Hbond substituents is 1. The molecule has 9 aliphatic heterocycles. The van der Waals surface area contributed by atoms with Crippen LogP contribution in [-0.4, -0.2) is 260 Å². The molecule has 0 saturated carbocycles. The number of carbonyl (C=O) groups is 12. The molecule has 4 atom stereocenters. The molecule has 0 bridgehead atoms. The summed E-state index contributed by atoms with van der Waals surface area (Å²) in [7, 11) is 9.01. The molecule has 0 unspecified atom stereocenters. The van der Waals surface area contributed by atoms with Crippen molar-refractivity contribution in [1.29, 1.82) is 0 Å². The van der Waals surface area contributed by atoms with Crippen molar-refractivity contribution in [3.63, 3.8) is 0 Å². The predicted octanol–water partition coefficient (Wildman–Crippen LogP) is 5.67. The lowest BCUT2D eigenvalue weighted by Crippen LogP contribution is -2.54. The van der Waals surface area contributed by atoms with Crippen molar-refractivity contribution in [1.82, 2.24) is 86.4 Å². The average molecular weight is 1950 g/mol. The van der Waals surface area contributed by atoms with E-state index in [-0.39, 0.29) is 117 Å². The van der Waals surface area contributed by atoms with Gasteiger partial charge in [0.1, 0.15) is 51.1 Å². The third-order valence-electron chi connectivity index (χ3n) is 25.1. The summed E-state index contributed by atoms with van der Waals surface area (Å²) in [6.07, 6.45) is 2.86. The number of methoxy groups -OCH3 is 6. The second-order valence-electron chi connectivity index (χ2n) is 34.5. The zero-order chi connectivity index (χ0) is 102. The molecule has 13 heterocycles. The number of aromatic hydroxyl groups is 2. The number of piperazine rings is 1. The van der Waals surface area contributed by atoms with Gasteiger partial charge in [0.05, 0.1) is 74.3 Å². The molecular formula is C103H95N19O22. The van der Waals surface area contributed by atoms with E-state index >= 15 is 0 Å². The van der Waals surface area contributed by atoms with Crippen molar-refractivity contribution in [2.45, 2.75) is 76.8 Å². The number of likely N-dealkylation sites (N-methyl/N-ethyl adjacent to an activating group) is 1. The van der Waals surface area contributed by atoms with Crippen molar-refractivity contribution in [2.24, 2.45) is 16.0 Å². The fourth-order valence-corrected chi connectivity index (χ4v) is 17.5. The van der Waals surface area contributed by atoms with Crippen LogP contribution >= 0.6 is 0 Å². The Morgan fingerprint density at radius 3 is 1.39 bits per heavy atom. The second kappa shape index (κ2) is 41.7. The fraction of sp³-hybridized carbons (Fsp3) is 0.282. The second-order valence-corrected chi connectivity index (χ2v) is 34.5. The third-order valence-corrected chi connectivity index (χ3v) is 25.1. The summed E-state index contributed by atoms with van der Waals surface area (Å²) >= 11 is 0. The Labute approximate surface area is 823 Å². The summed E-state index contributed by atoms with van der Waals surface area (Å²) in [5, 5.41) is 55.3. The normalized spacial score (nSPS) is 19.3. The molecule has 0 aliphatic carbocycles. The van der Waals surface area contributed by atoms with Gasteiger partial charge in [-0.25, -0.2) is 24.5 Å². The van der Waals surface area contributed by atoms with Crippen molar-refractivity contribution in [3.8, 4) is 116 Å².